The van der Waals surface area contributed by atoms with Gasteiger partial charge in [0.15, 0.2) is 0 Å². The summed E-state index contributed by atoms with van der Waals surface area (Å²) in [6, 6.07) is 7.10. The largest absolute Gasteiger partial charge is 0.487 e. The Bertz CT molecular complexity index is 856. The van der Waals surface area contributed by atoms with Crippen molar-refractivity contribution in [3.8, 4) is 5.75 Å². The molecule has 0 unspecified atom stereocenters. The Labute approximate surface area is 144 Å². The molecule has 0 saturated carbocycles. The normalized spacial score (nSPS) is 10.6. The molecule has 6 nitrogen and oxygen atoms in total. The monoisotopic (exact) mass is 342 g/mol. The summed E-state index contributed by atoms with van der Waals surface area (Å²) in [5.74, 6) is 0.448. The fourth-order valence-electron chi connectivity index (χ4n) is 2.33. The Balaban J connectivity index is 1.72. The van der Waals surface area contributed by atoms with Crippen molar-refractivity contribution in [1.82, 2.24) is 14.8 Å². The average molecular weight is 342 g/mol. The molecule has 0 atom stereocenters. The molecular formula is C17H18N4O2S. The third kappa shape index (κ3) is 3.46. The van der Waals surface area contributed by atoms with E-state index in [0.29, 0.717) is 17.9 Å². The zero-order valence-corrected chi connectivity index (χ0v) is 14.6. The fourth-order valence-corrected chi connectivity index (χ4v) is 2.88. The number of amides is 1. The predicted octanol–water partition coefficient (Wildman–Crippen LogP) is 3.32. The van der Waals surface area contributed by atoms with Gasteiger partial charge in [0.25, 0.3) is 5.91 Å². The smallest absolute Gasteiger partial charge is 0.255 e. The van der Waals surface area contributed by atoms with Crippen molar-refractivity contribution in [3.63, 3.8) is 0 Å². The lowest BCUT2D eigenvalue weighted by Gasteiger charge is -2.08. The Hall–Kier alpha value is -2.67. The van der Waals surface area contributed by atoms with Gasteiger partial charge in [-0.25, -0.2) is 4.98 Å². The zero-order valence-electron chi connectivity index (χ0n) is 13.7. The van der Waals surface area contributed by atoms with E-state index in [1.165, 1.54) is 11.3 Å². The van der Waals surface area contributed by atoms with E-state index in [1.807, 2.05) is 32.3 Å². The first-order valence-electron chi connectivity index (χ1n) is 7.46. The SMILES string of the molecule is Cc1nn(C)c(C)c1NC(=O)c1cccc(OCc2cscn2)c1. The van der Waals surface area contributed by atoms with Crippen LogP contribution in [0.5, 0.6) is 5.75 Å². The number of ether oxygens (including phenoxy) is 1. The summed E-state index contributed by atoms with van der Waals surface area (Å²) in [5, 5.41) is 9.16. The highest BCUT2D eigenvalue weighted by atomic mass is 32.1. The Kier molecular flexibility index (Phi) is 4.61. The number of nitrogens with one attached hydrogen (secondary N) is 1. The molecule has 0 radical (unpaired) electrons. The lowest BCUT2D eigenvalue weighted by Crippen LogP contribution is -2.13. The van der Waals surface area contributed by atoms with Gasteiger partial charge in [-0.2, -0.15) is 5.10 Å². The molecular weight excluding hydrogens is 324 g/mol. The highest BCUT2D eigenvalue weighted by Crippen LogP contribution is 2.21. The molecule has 124 valence electrons. The summed E-state index contributed by atoms with van der Waals surface area (Å²) in [4.78, 5) is 16.7. The first-order chi connectivity index (χ1) is 11.5. The summed E-state index contributed by atoms with van der Waals surface area (Å²) < 4.78 is 7.44. The summed E-state index contributed by atoms with van der Waals surface area (Å²) in [7, 11) is 1.85. The molecule has 1 aromatic carbocycles. The van der Waals surface area contributed by atoms with Crippen LogP contribution in [-0.2, 0) is 13.7 Å². The molecule has 7 heteroatoms. The van der Waals surface area contributed by atoms with Crippen LogP contribution in [0.4, 0.5) is 5.69 Å². The number of rotatable bonds is 5. The van der Waals surface area contributed by atoms with E-state index in [9.17, 15) is 4.79 Å². The minimum absolute atomic E-state index is 0.187. The number of nitrogens with zero attached hydrogens (tertiary/aromatic N) is 3. The van der Waals surface area contributed by atoms with Crippen molar-refractivity contribution < 1.29 is 9.53 Å². The van der Waals surface area contributed by atoms with E-state index in [2.05, 4.69) is 15.4 Å². The summed E-state index contributed by atoms with van der Waals surface area (Å²) in [6.45, 7) is 4.17. The second-order valence-corrected chi connectivity index (χ2v) is 6.14. The van der Waals surface area contributed by atoms with Crippen LogP contribution in [0.25, 0.3) is 0 Å². The van der Waals surface area contributed by atoms with Crippen molar-refractivity contribution in [1.29, 1.82) is 0 Å². The predicted molar refractivity (Wildman–Crippen MR) is 93.5 cm³/mol. The Morgan fingerprint density at radius 1 is 1.38 bits per heavy atom. The van der Waals surface area contributed by atoms with Gasteiger partial charge >= 0.3 is 0 Å². The maximum Gasteiger partial charge on any atom is 0.255 e. The lowest BCUT2D eigenvalue weighted by molar-refractivity contribution is 0.102. The minimum Gasteiger partial charge on any atom is -0.487 e. The molecule has 3 aromatic rings. The molecule has 0 aliphatic carbocycles. The van der Waals surface area contributed by atoms with Crippen LogP contribution in [0.15, 0.2) is 35.2 Å². The molecule has 1 N–H and O–H groups in total. The number of carbonyl (C=O) groups is 1. The van der Waals surface area contributed by atoms with Crippen molar-refractivity contribution in [2.75, 3.05) is 5.32 Å². The fraction of sp³-hybridized carbons (Fsp3) is 0.235. The Morgan fingerprint density at radius 2 is 2.21 bits per heavy atom. The maximum atomic E-state index is 12.5. The minimum atomic E-state index is -0.187. The molecule has 24 heavy (non-hydrogen) atoms. The van der Waals surface area contributed by atoms with Gasteiger partial charge in [-0.3, -0.25) is 9.48 Å². The molecule has 0 fully saturated rings. The van der Waals surface area contributed by atoms with Crippen LogP contribution in [0.3, 0.4) is 0 Å². The zero-order chi connectivity index (χ0) is 17.1. The highest BCUT2D eigenvalue weighted by molar-refractivity contribution is 7.07. The second kappa shape index (κ2) is 6.84. The average Bonchev–Trinajstić information content (AvgIpc) is 3.17. The quantitative estimate of drug-likeness (QED) is 0.772. The van der Waals surface area contributed by atoms with Gasteiger partial charge in [-0.1, -0.05) is 6.07 Å². The van der Waals surface area contributed by atoms with Crippen molar-refractivity contribution in [2.45, 2.75) is 20.5 Å². The number of anilines is 1. The van der Waals surface area contributed by atoms with Crippen LogP contribution in [0.2, 0.25) is 0 Å². The van der Waals surface area contributed by atoms with Gasteiger partial charge < -0.3 is 10.1 Å². The number of thiazole rings is 1. The van der Waals surface area contributed by atoms with E-state index < -0.39 is 0 Å². The van der Waals surface area contributed by atoms with Crippen LogP contribution in [0, 0.1) is 13.8 Å². The van der Waals surface area contributed by atoms with Gasteiger partial charge in [0.2, 0.25) is 0 Å². The van der Waals surface area contributed by atoms with Gasteiger partial charge in [-0.05, 0) is 32.0 Å². The molecule has 0 aliphatic rings. The molecule has 3 rings (SSSR count). The maximum absolute atomic E-state index is 12.5. The number of hydrogen-bond donors (Lipinski definition) is 1. The standard InChI is InChI=1S/C17H18N4O2S/c1-11-16(12(2)21(3)20-11)19-17(22)13-5-4-6-15(7-13)23-8-14-9-24-10-18-14/h4-7,9-10H,8H2,1-3H3,(H,19,22). The molecule has 0 aliphatic heterocycles. The van der Waals surface area contributed by atoms with Crippen molar-refractivity contribution in [2.24, 2.45) is 7.05 Å². The summed E-state index contributed by atoms with van der Waals surface area (Å²) in [6.07, 6.45) is 0. The van der Waals surface area contributed by atoms with E-state index >= 15 is 0 Å². The third-order valence-electron chi connectivity index (χ3n) is 3.71. The van der Waals surface area contributed by atoms with Crippen LogP contribution in [0.1, 0.15) is 27.4 Å². The number of aryl methyl sites for hydroxylation is 2. The number of benzene rings is 1. The Morgan fingerprint density at radius 3 is 2.88 bits per heavy atom. The lowest BCUT2D eigenvalue weighted by atomic mass is 10.2. The highest BCUT2D eigenvalue weighted by Gasteiger charge is 2.14. The molecule has 2 heterocycles. The molecule has 2 aromatic heterocycles. The van der Waals surface area contributed by atoms with E-state index in [0.717, 1.165) is 22.8 Å². The van der Waals surface area contributed by atoms with Crippen molar-refractivity contribution >= 4 is 22.9 Å². The molecule has 0 spiro atoms. The van der Waals surface area contributed by atoms with Crippen LogP contribution < -0.4 is 10.1 Å². The summed E-state index contributed by atoms with van der Waals surface area (Å²) in [5.41, 5.74) is 5.62. The van der Waals surface area contributed by atoms with E-state index in [-0.39, 0.29) is 5.91 Å². The molecule has 0 saturated heterocycles. The molecule has 1 amide bonds. The van der Waals surface area contributed by atoms with Gasteiger partial charge in [-0.15, -0.1) is 11.3 Å². The van der Waals surface area contributed by atoms with Gasteiger partial charge in [0.1, 0.15) is 12.4 Å². The summed E-state index contributed by atoms with van der Waals surface area (Å²) >= 11 is 1.53. The first-order valence-corrected chi connectivity index (χ1v) is 8.40. The van der Waals surface area contributed by atoms with Crippen molar-refractivity contribution in [3.05, 3.63) is 57.8 Å². The number of aromatic nitrogens is 3. The van der Waals surface area contributed by atoms with E-state index in [1.54, 1.807) is 28.4 Å². The van der Waals surface area contributed by atoms with Crippen LogP contribution in [-0.4, -0.2) is 20.7 Å². The number of hydrogen-bond acceptors (Lipinski definition) is 5. The first kappa shape index (κ1) is 16.2. The second-order valence-electron chi connectivity index (χ2n) is 5.42. The molecule has 0 bridgehead atoms. The third-order valence-corrected chi connectivity index (χ3v) is 4.35. The van der Waals surface area contributed by atoms with Crippen LogP contribution >= 0.6 is 11.3 Å². The topological polar surface area (TPSA) is 69.0 Å². The van der Waals surface area contributed by atoms with Gasteiger partial charge in [0.05, 0.1) is 28.3 Å². The van der Waals surface area contributed by atoms with E-state index in [4.69, 9.17) is 4.74 Å². The van der Waals surface area contributed by atoms with Gasteiger partial charge in [0, 0.05) is 18.0 Å². The number of carbonyl (C=O) groups excluding carboxylic acids is 1.